The molecule has 3 N–H and O–H groups in total. The summed E-state index contributed by atoms with van der Waals surface area (Å²) in [5, 5.41) is 21.5. The summed E-state index contributed by atoms with van der Waals surface area (Å²) in [5.41, 5.74) is -1.46. The molecule has 8 nitrogen and oxygen atoms in total. The number of aliphatic hydroxyl groups is 1. The summed E-state index contributed by atoms with van der Waals surface area (Å²) in [6, 6.07) is 7.21. The van der Waals surface area contributed by atoms with Crippen molar-refractivity contribution >= 4 is 17.4 Å². The number of nitrogens with zero attached hydrogens (tertiary/aromatic N) is 1. The van der Waals surface area contributed by atoms with Crippen LogP contribution in [0.5, 0.6) is 0 Å². The number of aromatic amines is 1. The first-order valence-electron chi connectivity index (χ1n) is 10.9. The first-order chi connectivity index (χ1) is 17.7. The summed E-state index contributed by atoms with van der Waals surface area (Å²) in [6.07, 6.45) is -7.42. The van der Waals surface area contributed by atoms with Crippen molar-refractivity contribution in [1.82, 2.24) is 10.3 Å². The minimum absolute atomic E-state index is 0.0595. The molecule has 0 saturated carbocycles. The first kappa shape index (κ1) is 28.8. The zero-order chi connectivity index (χ0) is 28.3. The van der Waals surface area contributed by atoms with E-state index in [-0.39, 0.29) is 23.7 Å². The smallest absolute Gasteiger partial charge is 0.430 e. The predicted molar refractivity (Wildman–Crippen MR) is 113 cm³/mol. The summed E-state index contributed by atoms with van der Waals surface area (Å²) in [7, 11) is 0. The van der Waals surface area contributed by atoms with Gasteiger partial charge in [-0.15, -0.1) is 0 Å². The number of aromatic nitrogens is 2. The van der Waals surface area contributed by atoms with Gasteiger partial charge in [0.15, 0.2) is 11.2 Å². The van der Waals surface area contributed by atoms with Crippen LogP contribution in [-0.2, 0) is 15.7 Å². The van der Waals surface area contributed by atoms with Crippen molar-refractivity contribution in [2.24, 2.45) is 0 Å². The van der Waals surface area contributed by atoms with E-state index in [1.807, 2.05) is 0 Å². The average molecular weight is 551 g/mol. The van der Waals surface area contributed by atoms with Crippen molar-refractivity contribution in [3.05, 3.63) is 59.8 Å². The highest BCUT2D eigenvalue weighted by molar-refractivity contribution is 5.92. The number of amides is 1. The number of ether oxygens (including phenoxy) is 1. The van der Waals surface area contributed by atoms with Gasteiger partial charge in [0.1, 0.15) is 11.8 Å². The minimum atomic E-state index is -5.19. The standard InChI is InChI=1S/C21H19F4N3O3.C2HF3O2/c22-15-11-13(21(23,24)25)4-5-14(15)17-16-3-1-2-8-28(16)18(26-17)19(30)27-20(12-29)6-9-31-10-7-20;3-2(4,5)1(6)7/h1-5,8,11,29H,6-7,9-10,12H2,(H,27,30);(H,6,7). The SMILES string of the molecule is O=C(NC1(CO)CCOCC1)c1[nH]c(-c2ccc(C(F)(F)F)cc2F)c2cccc[n+]12.O=C([O-])C(F)(F)F. The van der Waals surface area contributed by atoms with Crippen LogP contribution in [0, 0.1) is 5.82 Å². The number of fused-ring (bicyclic) bond motifs is 1. The van der Waals surface area contributed by atoms with Crippen LogP contribution in [0.25, 0.3) is 16.8 Å². The van der Waals surface area contributed by atoms with E-state index in [4.69, 9.17) is 14.6 Å². The van der Waals surface area contributed by atoms with Gasteiger partial charge in [-0.25, -0.2) is 9.37 Å². The number of carbonyl (C=O) groups is 2. The Morgan fingerprint density at radius 2 is 1.74 bits per heavy atom. The van der Waals surface area contributed by atoms with Gasteiger partial charge in [-0.05, 0) is 43.2 Å². The van der Waals surface area contributed by atoms with E-state index >= 15 is 0 Å². The van der Waals surface area contributed by atoms with Crippen LogP contribution in [0.3, 0.4) is 0 Å². The third-order valence-corrected chi connectivity index (χ3v) is 5.74. The lowest BCUT2D eigenvalue weighted by molar-refractivity contribution is -0.514. The number of halogens is 7. The zero-order valence-corrected chi connectivity index (χ0v) is 19.3. The lowest BCUT2D eigenvalue weighted by Gasteiger charge is -2.35. The van der Waals surface area contributed by atoms with Gasteiger partial charge in [-0.1, -0.05) is 6.07 Å². The number of aliphatic hydroxyl groups excluding tert-OH is 1. The van der Waals surface area contributed by atoms with Crippen LogP contribution in [0.2, 0.25) is 0 Å². The van der Waals surface area contributed by atoms with Crippen molar-refractivity contribution in [2.45, 2.75) is 30.7 Å². The molecule has 3 heterocycles. The predicted octanol–water partition coefficient (Wildman–Crippen LogP) is 2.15. The van der Waals surface area contributed by atoms with Gasteiger partial charge >= 0.3 is 24.1 Å². The molecule has 1 aliphatic heterocycles. The van der Waals surface area contributed by atoms with Crippen molar-refractivity contribution in [1.29, 1.82) is 0 Å². The molecule has 0 spiro atoms. The second-order valence-electron chi connectivity index (χ2n) is 8.29. The number of nitrogens with one attached hydrogen (secondary N) is 2. The second-order valence-corrected chi connectivity index (χ2v) is 8.29. The number of carboxylic acid groups (broad SMARTS) is 1. The first-order valence-corrected chi connectivity index (χ1v) is 10.9. The molecular weight excluding hydrogens is 531 g/mol. The Hall–Kier alpha value is -3.72. The molecule has 2 aromatic heterocycles. The maximum atomic E-state index is 14.6. The molecule has 1 aromatic carbocycles. The highest BCUT2D eigenvalue weighted by Gasteiger charge is 2.37. The summed E-state index contributed by atoms with van der Waals surface area (Å²) in [4.78, 5) is 24.7. The normalized spacial score (nSPS) is 15.5. The Labute approximate surface area is 209 Å². The summed E-state index contributed by atoms with van der Waals surface area (Å²) >= 11 is 0. The number of alkyl halides is 6. The van der Waals surface area contributed by atoms with E-state index in [2.05, 4.69) is 10.3 Å². The van der Waals surface area contributed by atoms with Gasteiger partial charge in [0.05, 0.1) is 29.5 Å². The molecule has 38 heavy (non-hydrogen) atoms. The number of carbonyl (C=O) groups excluding carboxylic acids is 2. The highest BCUT2D eigenvalue weighted by atomic mass is 19.4. The van der Waals surface area contributed by atoms with E-state index in [0.29, 0.717) is 37.6 Å². The van der Waals surface area contributed by atoms with E-state index in [0.717, 1.165) is 12.1 Å². The Balaban J connectivity index is 0.000000505. The molecular formula is C23H20F7N3O5. The zero-order valence-electron chi connectivity index (χ0n) is 19.3. The Morgan fingerprint density at radius 3 is 2.26 bits per heavy atom. The molecule has 1 amide bonds. The van der Waals surface area contributed by atoms with E-state index in [9.17, 15) is 40.6 Å². The molecule has 0 bridgehead atoms. The highest BCUT2D eigenvalue weighted by Crippen LogP contribution is 2.33. The second kappa shape index (κ2) is 10.9. The fourth-order valence-corrected chi connectivity index (χ4v) is 3.73. The lowest BCUT2D eigenvalue weighted by atomic mass is 9.91. The number of benzene rings is 1. The minimum Gasteiger partial charge on any atom is -0.542 e. The fourth-order valence-electron chi connectivity index (χ4n) is 3.73. The number of pyridine rings is 1. The quantitative estimate of drug-likeness (QED) is 0.339. The van der Waals surface area contributed by atoms with Gasteiger partial charge in [-0.2, -0.15) is 30.7 Å². The number of rotatable bonds is 4. The molecule has 1 saturated heterocycles. The van der Waals surface area contributed by atoms with Crippen molar-refractivity contribution in [3.63, 3.8) is 0 Å². The van der Waals surface area contributed by atoms with Gasteiger partial charge in [0.25, 0.3) is 0 Å². The molecule has 0 aliphatic carbocycles. The van der Waals surface area contributed by atoms with Crippen LogP contribution in [-0.4, -0.2) is 53.5 Å². The fraction of sp³-hybridized carbons (Fsp3) is 0.348. The van der Waals surface area contributed by atoms with Gasteiger partial charge < -0.3 is 25.1 Å². The number of carboxylic acids is 1. The number of aliphatic carboxylic acids is 1. The van der Waals surface area contributed by atoms with Crippen molar-refractivity contribution < 1.29 is 59.7 Å². The lowest BCUT2D eigenvalue weighted by Crippen LogP contribution is -2.55. The van der Waals surface area contributed by atoms with Gasteiger partial charge in [-0.3, -0.25) is 4.79 Å². The number of hydrogen-bond acceptors (Lipinski definition) is 5. The summed E-state index contributed by atoms with van der Waals surface area (Å²) in [6.45, 7) is 0.509. The van der Waals surface area contributed by atoms with Crippen molar-refractivity contribution in [2.75, 3.05) is 19.8 Å². The Kier molecular flexibility index (Phi) is 8.31. The van der Waals surface area contributed by atoms with Crippen LogP contribution in [0.15, 0.2) is 42.6 Å². The third kappa shape index (κ3) is 6.39. The number of hydrogen-bond donors (Lipinski definition) is 3. The molecule has 4 rings (SSSR count). The van der Waals surface area contributed by atoms with Gasteiger partial charge in [0, 0.05) is 13.2 Å². The molecule has 15 heteroatoms. The largest absolute Gasteiger partial charge is 0.542 e. The molecule has 0 unspecified atom stereocenters. The Morgan fingerprint density at radius 1 is 1.11 bits per heavy atom. The van der Waals surface area contributed by atoms with E-state index in [1.165, 1.54) is 4.40 Å². The Bertz CT molecular complexity index is 1310. The number of H-pyrrole nitrogens is 1. The average Bonchev–Trinajstić information content (AvgIpc) is 3.23. The number of imidazole rings is 1. The maximum Gasteiger partial charge on any atom is 0.430 e. The summed E-state index contributed by atoms with van der Waals surface area (Å²) in [5.74, 6) is -4.54. The molecule has 0 radical (unpaired) electrons. The van der Waals surface area contributed by atoms with Crippen molar-refractivity contribution in [3.8, 4) is 11.3 Å². The monoisotopic (exact) mass is 551 g/mol. The van der Waals surface area contributed by atoms with Gasteiger partial charge in [0.2, 0.25) is 0 Å². The molecule has 206 valence electrons. The molecule has 0 atom stereocenters. The van der Waals surface area contributed by atoms with Crippen LogP contribution < -0.4 is 14.8 Å². The van der Waals surface area contributed by atoms with Crippen LogP contribution >= 0.6 is 0 Å². The third-order valence-electron chi connectivity index (χ3n) is 5.74. The molecule has 3 aromatic rings. The van der Waals surface area contributed by atoms with Crippen LogP contribution in [0.1, 0.15) is 29.0 Å². The summed E-state index contributed by atoms with van der Waals surface area (Å²) < 4.78 is 91.6. The van der Waals surface area contributed by atoms with Crippen LogP contribution in [0.4, 0.5) is 30.7 Å². The van der Waals surface area contributed by atoms with E-state index < -0.39 is 41.1 Å². The molecule has 1 aliphatic rings. The topological polar surface area (TPSA) is 119 Å². The molecule has 1 fully saturated rings. The maximum absolute atomic E-state index is 14.6. The van der Waals surface area contributed by atoms with E-state index in [1.54, 1.807) is 24.4 Å².